The summed E-state index contributed by atoms with van der Waals surface area (Å²) in [5.41, 5.74) is 6.75. The van der Waals surface area contributed by atoms with Gasteiger partial charge in [-0.05, 0) is 36.2 Å². The van der Waals surface area contributed by atoms with Crippen molar-refractivity contribution in [2.24, 2.45) is 0 Å². The molecule has 0 aliphatic carbocycles. The predicted molar refractivity (Wildman–Crippen MR) is 151 cm³/mol. The third kappa shape index (κ3) is 4.40. The number of nitrogens with zero attached hydrogens (tertiary/aromatic N) is 2. The first kappa shape index (κ1) is 22.8. The van der Waals surface area contributed by atoms with Crippen molar-refractivity contribution >= 4 is 27.5 Å². The van der Waals surface area contributed by atoms with Crippen LogP contribution in [-0.4, -0.2) is 28.8 Å². The van der Waals surface area contributed by atoms with Crippen LogP contribution < -0.4 is 10.1 Å². The number of hydrogen-bond acceptors (Lipinski definition) is 4. The van der Waals surface area contributed by atoms with Crippen LogP contribution in [0.1, 0.15) is 22.6 Å². The Bertz CT molecular complexity index is 1670. The molecule has 182 valence electrons. The van der Waals surface area contributed by atoms with Crippen LogP contribution in [0, 0.1) is 6.92 Å². The molecule has 2 heterocycles. The van der Waals surface area contributed by atoms with E-state index >= 15 is 0 Å². The Labute approximate surface area is 216 Å². The second-order valence-electron chi connectivity index (χ2n) is 9.31. The highest BCUT2D eigenvalue weighted by molar-refractivity contribution is 6.00. The zero-order valence-corrected chi connectivity index (χ0v) is 20.9. The molecule has 0 bridgehead atoms. The fraction of sp³-hybridized carbons (Fsp3) is 0.125. The summed E-state index contributed by atoms with van der Waals surface area (Å²) in [5.74, 6) is 1.72. The number of aromatic amines is 1. The van der Waals surface area contributed by atoms with Crippen molar-refractivity contribution in [1.29, 1.82) is 0 Å². The number of fused-ring (bicyclic) bond motifs is 2. The van der Waals surface area contributed by atoms with Crippen LogP contribution in [0.15, 0.2) is 103 Å². The highest BCUT2D eigenvalue weighted by Crippen LogP contribution is 2.34. The first-order chi connectivity index (χ1) is 18.2. The molecule has 6 rings (SSSR count). The Balaban J connectivity index is 1.38. The molecule has 2 N–H and O–H groups in total. The molecule has 0 aliphatic heterocycles. The maximum atomic E-state index is 5.40. The minimum absolute atomic E-state index is 0.0967. The molecule has 0 radical (unpaired) electrons. The van der Waals surface area contributed by atoms with Gasteiger partial charge in [-0.1, -0.05) is 84.4 Å². The van der Waals surface area contributed by atoms with Crippen LogP contribution in [0.5, 0.6) is 5.75 Å². The summed E-state index contributed by atoms with van der Waals surface area (Å²) in [4.78, 5) is 3.44. The summed E-state index contributed by atoms with van der Waals surface area (Å²) >= 11 is 0. The van der Waals surface area contributed by atoms with Crippen molar-refractivity contribution in [3.63, 3.8) is 0 Å². The maximum absolute atomic E-state index is 5.40. The standard InChI is InChI=1S/C32H28N4O/c1-21-11-13-23(14-12-21)31-26-8-3-4-9-27(26)32(36-35-31)34-19-28(22-15-17-24(37-2)18-16-22)29-20-33-30-10-6-5-7-25(29)30/h3-18,20,28,33H,19H2,1-2H3,(H,34,36)/t28-/m0/s1. The van der Waals surface area contributed by atoms with Gasteiger partial charge in [-0.25, -0.2) is 0 Å². The van der Waals surface area contributed by atoms with E-state index in [-0.39, 0.29) is 5.92 Å². The lowest BCUT2D eigenvalue weighted by atomic mass is 9.90. The van der Waals surface area contributed by atoms with E-state index in [1.54, 1.807) is 7.11 Å². The van der Waals surface area contributed by atoms with Crippen LogP contribution >= 0.6 is 0 Å². The molecule has 0 amide bonds. The Hall–Kier alpha value is -4.64. The number of hydrogen-bond donors (Lipinski definition) is 2. The van der Waals surface area contributed by atoms with Crippen LogP contribution in [0.2, 0.25) is 0 Å². The molecule has 5 nitrogen and oxygen atoms in total. The van der Waals surface area contributed by atoms with Crippen molar-refractivity contribution < 1.29 is 4.74 Å². The first-order valence-electron chi connectivity index (χ1n) is 12.5. The summed E-state index contributed by atoms with van der Waals surface area (Å²) in [6, 6.07) is 33.5. The minimum atomic E-state index is 0.0967. The van der Waals surface area contributed by atoms with Gasteiger partial charge in [0.25, 0.3) is 0 Å². The molecule has 4 aromatic carbocycles. The van der Waals surface area contributed by atoms with Gasteiger partial charge in [-0.2, -0.15) is 0 Å². The fourth-order valence-corrected chi connectivity index (χ4v) is 4.98. The second-order valence-corrected chi connectivity index (χ2v) is 9.31. The largest absolute Gasteiger partial charge is 0.497 e. The molecule has 0 saturated carbocycles. The van der Waals surface area contributed by atoms with E-state index in [0.717, 1.165) is 39.1 Å². The minimum Gasteiger partial charge on any atom is -0.497 e. The molecule has 37 heavy (non-hydrogen) atoms. The number of nitrogens with one attached hydrogen (secondary N) is 2. The summed E-state index contributed by atoms with van der Waals surface area (Å²) in [7, 11) is 1.69. The van der Waals surface area contributed by atoms with Crippen molar-refractivity contribution in [2.45, 2.75) is 12.8 Å². The molecule has 0 unspecified atom stereocenters. The Morgan fingerprint density at radius 3 is 2.24 bits per heavy atom. The SMILES string of the molecule is COc1ccc([C@H](CNc2nnc(-c3ccc(C)cc3)c3ccccc23)c2c[nH]c3ccccc23)cc1. The lowest BCUT2D eigenvalue weighted by Gasteiger charge is -2.20. The van der Waals surface area contributed by atoms with Gasteiger partial charge in [-0.3, -0.25) is 0 Å². The molecule has 0 aliphatic rings. The highest BCUT2D eigenvalue weighted by Gasteiger charge is 2.20. The number of rotatable bonds is 7. The van der Waals surface area contributed by atoms with E-state index in [9.17, 15) is 0 Å². The number of aromatic nitrogens is 3. The second kappa shape index (κ2) is 9.78. The highest BCUT2D eigenvalue weighted by atomic mass is 16.5. The lowest BCUT2D eigenvalue weighted by Crippen LogP contribution is -2.15. The smallest absolute Gasteiger partial charge is 0.156 e. The van der Waals surface area contributed by atoms with Gasteiger partial charge in [0.15, 0.2) is 5.82 Å². The van der Waals surface area contributed by atoms with Gasteiger partial charge < -0.3 is 15.0 Å². The molecular formula is C32H28N4O. The number of ether oxygens (including phenoxy) is 1. The third-order valence-electron chi connectivity index (χ3n) is 7.00. The first-order valence-corrected chi connectivity index (χ1v) is 12.5. The average molecular weight is 485 g/mol. The van der Waals surface area contributed by atoms with Crippen LogP contribution in [0.4, 0.5) is 5.82 Å². The molecule has 5 heteroatoms. The zero-order valence-electron chi connectivity index (χ0n) is 20.9. The van der Waals surface area contributed by atoms with Gasteiger partial charge in [0.1, 0.15) is 11.4 Å². The van der Waals surface area contributed by atoms with E-state index in [1.807, 2.05) is 12.1 Å². The number of para-hydroxylation sites is 1. The summed E-state index contributed by atoms with van der Waals surface area (Å²) < 4.78 is 5.40. The summed E-state index contributed by atoms with van der Waals surface area (Å²) in [5, 5.41) is 16.3. The molecule has 1 atom stereocenters. The number of H-pyrrole nitrogens is 1. The summed E-state index contributed by atoms with van der Waals surface area (Å²) in [6.45, 7) is 2.75. The van der Waals surface area contributed by atoms with Crippen molar-refractivity contribution in [1.82, 2.24) is 15.2 Å². The number of aryl methyl sites for hydroxylation is 1. The van der Waals surface area contributed by atoms with Gasteiger partial charge >= 0.3 is 0 Å². The molecular weight excluding hydrogens is 456 g/mol. The van der Waals surface area contributed by atoms with E-state index in [0.29, 0.717) is 6.54 Å². The Morgan fingerprint density at radius 1 is 0.784 bits per heavy atom. The molecule has 0 fully saturated rings. The average Bonchev–Trinajstić information content (AvgIpc) is 3.38. The van der Waals surface area contributed by atoms with Crippen molar-refractivity contribution in [3.8, 4) is 17.0 Å². The van der Waals surface area contributed by atoms with E-state index in [1.165, 1.54) is 22.1 Å². The predicted octanol–water partition coefficient (Wildman–Crippen LogP) is 7.34. The zero-order chi connectivity index (χ0) is 25.2. The number of methoxy groups -OCH3 is 1. The normalized spacial score (nSPS) is 12.1. The number of anilines is 1. The van der Waals surface area contributed by atoms with Crippen molar-refractivity contribution in [2.75, 3.05) is 19.0 Å². The molecule has 6 aromatic rings. The van der Waals surface area contributed by atoms with Crippen LogP contribution in [0.3, 0.4) is 0 Å². The van der Waals surface area contributed by atoms with Crippen LogP contribution in [0.25, 0.3) is 32.9 Å². The van der Waals surface area contributed by atoms with Crippen LogP contribution in [-0.2, 0) is 0 Å². The summed E-state index contributed by atoms with van der Waals surface area (Å²) in [6.07, 6.45) is 2.12. The van der Waals surface area contributed by atoms with Gasteiger partial charge in [0.2, 0.25) is 0 Å². The quantitative estimate of drug-likeness (QED) is 0.249. The molecule has 0 spiro atoms. The monoisotopic (exact) mass is 484 g/mol. The Morgan fingerprint density at radius 2 is 1.49 bits per heavy atom. The molecule has 2 aromatic heterocycles. The van der Waals surface area contributed by atoms with Gasteiger partial charge in [0.05, 0.1) is 7.11 Å². The van der Waals surface area contributed by atoms with Gasteiger partial charge in [0, 0.05) is 45.9 Å². The van der Waals surface area contributed by atoms with Gasteiger partial charge in [-0.15, -0.1) is 10.2 Å². The maximum Gasteiger partial charge on any atom is 0.156 e. The van der Waals surface area contributed by atoms with E-state index in [4.69, 9.17) is 4.74 Å². The number of benzene rings is 4. The topological polar surface area (TPSA) is 62.8 Å². The van der Waals surface area contributed by atoms with E-state index in [2.05, 4.69) is 119 Å². The van der Waals surface area contributed by atoms with E-state index < -0.39 is 0 Å². The molecule has 0 saturated heterocycles. The van der Waals surface area contributed by atoms with Crippen molar-refractivity contribution in [3.05, 3.63) is 120 Å². The third-order valence-corrected chi connectivity index (χ3v) is 7.00. The fourth-order valence-electron chi connectivity index (χ4n) is 4.98. The Kier molecular flexibility index (Phi) is 6.03. The lowest BCUT2D eigenvalue weighted by molar-refractivity contribution is 0.414.